The molecule has 0 aliphatic heterocycles. The van der Waals surface area contributed by atoms with E-state index in [9.17, 15) is 19.2 Å². The number of hydrogen-bond donors (Lipinski definition) is 2. The lowest BCUT2D eigenvalue weighted by Gasteiger charge is -2.23. The molecule has 40 heavy (non-hydrogen) atoms. The summed E-state index contributed by atoms with van der Waals surface area (Å²) in [5.74, 6) is -0.236. The van der Waals surface area contributed by atoms with Crippen molar-refractivity contribution >= 4 is 23.7 Å². The number of rotatable bonds is 10. The van der Waals surface area contributed by atoms with Crippen molar-refractivity contribution in [1.82, 2.24) is 9.88 Å². The minimum absolute atomic E-state index is 0.0745. The lowest BCUT2D eigenvalue weighted by molar-refractivity contribution is -0.139. The summed E-state index contributed by atoms with van der Waals surface area (Å²) in [6, 6.07) is 16.5. The van der Waals surface area contributed by atoms with E-state index < -0.39 is 29.2 Å². The summed E-state index contributed by atoms with van der Waals surface area (Å²) in [5, 5.41) is 5.28. The second-order valence-electron chi connectivity index (χ2n) is 10.2. The highest BCUT2D eigenvalue weighted by Crippen LogP contribution is 2.14. The fourth-order valence-corrected chi connectivity index (χ4v) is 3.83. The van der Waals surface area contributed by atoms with Crippen LogP contribution < -0.4 is 20.9 Å². The Morgan fingerprint density at radius 3 is 2.12 bits per heavy atom. The molecule has 10 heteroatoms. The third-order valence-corrected chi connectivity index (χ3v) is 5.84. The molecule has 10 nitrogen and oxygen atoms in total. The number of methoxy groups -OCH3 is 2. The maximum absolute atomic E-state index is 13.4. The number of esters is 1. The van der Waals surface area contributed by atoms with Crippen molar-refractivity contribution in [3.63, 3.8) is 0 Å². The number of carbonyl (C=O) groups excluding carboxylic acids is 3. The topological polar surface area (TPSA) is 125 Å². The van der Waals surface area contributed by atoms with Crippen LogP contribution in [-0.2, 0) is 38.4 Å². The van der Waals surface area contributed by atoms with Gasteiger partial charge in [-0.1, -0.05) is 36.4 Å². The first-order chi connectivity index (χ1) is 19.0. The largest absolute Gasteiger partial charge is 0.497 e. The smallest absolute Gasteiger partial charge is 0.408 e. The van der Waals surface area contributed by atoms with Gasteiger partial charge in [0.15, 0.2) is 0 Å². The number of nitrogens with one attached hydrogen (secondary N) is 2. The highest BCUT2D eigenvalue weighted by molar-refractivity contribution is 5.96. The van der Waals surface area contributed by atoms with Gasteiger partial charge in [-0.15, -0.1) is 0 Å². The molecule has 0 fully saturated rings. The van der Waals surface area contributed by atoms with Gasteiger partial charge in [0, 0.05) is 12.6 Å². The van der Waals surface area contributed by atoms with Crippen molar-refractivity contribution < 1.29 is 28.6 Å². The van der Waals surface area contributed by atoms with Crippen molar-refractivity contribution in [3.8, 4) is 5.75 Å². The first-order valence-corrected chi connectivity index (χ1v) is 12.7. The number of hydrogen-bond acceptors (Lipinski definition) is 7. The zero-order valence-electron chi connectivity index (χ0n) is 23.4. The van der Waals surface area contributed by atoms with Gasteiger partial charge in [0.05, 0.1) is 27.2 Å². The molecule has 1 heterocycles. The highest BCUT2D eigenvalue weighted by atomic mass is 16.6. The van der Waals surface area contributed by atoms with Crippen LogP contribution in [0.2, 0.25) is 0 Å². The minimum atomic E-state index is -1.05. The van der Waals surface area contributed by atoms with Gasteiger partial charge in [0.25, 0.3) is 5.56 Å². The number of benzene rings is 2. The zero-order chi connectivity index (χ0) is 29.3. The highest BCUT2D eigenvalue weighted by Gasteiger charge is 2.25. The Bertz CT molecular complexity index is 1370. The quantitative estimate of drug-likeness (QED) is 0.370. The lowest BCUT2D eigenvalue weighted by Crippen LogP contribution is -2.47. The molecule has 0 aliphatic carbocycles. The van der Waals surface area contributed by atoms with E-state index in [4.69, 9.17) is 14.2 Å². The van der Waals surface area contributed by atoms with Gasteiger partial charge in [0.2, 0.25) is 5.91 Å². The third-order valence-electron chi connectivity index (χ3n) is 5.84. The molecule has 212 valence electrons. The molecule has 2 aromatic carbocycles. The Kier molecular flexibility index (Phi) is 10.1. The molecule has 0 saturated heterocycles. The fraction of sp³-hybridized carbons (Fsp3) is 0.333. The number of anilines is 1. The Balaban J connectivity index is 1.79. The second-order valence-corrected chi connectivity index (χ2v) is 10.2. The van der Waals surface area contributed by atoms with Crippen molar-refractivity contribution in [2.24, 2.45) is 0 Å². The number of aromatic nitrogens is 1. The summed E-state index contributed by atoms with van der Waals surface area (Å²) in [4.78, 5) is 50.6. The molecule has 0 unspecified atom stereocenters. The zero-order valence-corrected chi connectivity index (χ0v) is 23.4. The van der Waals surface area contributed by atoms with Crippen molar-refractivity contribution in [3.05, 3.63) is 93.9 Å². The summed E-state index contributed by atoms with van der Waals surface area (Å²) in [6.45, 7) is 5.45. The number of pyridine rings is 1. The molecule has 0 spiro atoms. The summed E-state index contributed by atoms with van der Waals surface area (Å²) in [6.07, 6.45) is 1.11. The van der Waals surface area contributed by atoms with E-state index in [2.05, 4.69) is 10.6 Å². The van der Waals surface area contributed by atoms with Crippen molar-refractivity contribution in [2.75, 3.05) is 19.5 Å². The van der Waals surface area contributed by atoms with E-state index >= 15 is 0 Å². The summed E-state index contributed by atoms with van der Waals surface area (Å²) in [5.41, 5.74) is 1.27. The number of ether oxygens (including phenoxy) is 3. The van der Waals surface area contributed by atoms with E-state index in [0.717, 1.165) is 16.7 Å². The van der Waals surface area contributed by atoms with Crippen LogP contribution in [0.25, 0.3) is 0 Å². The Morgan fingerprint density at radius 2 is 1.52 bits per heavy atom. The first kappa shape index (κ1) is 29.9. The van der Waals surface area contributed by atoms with E-state index in [1.807, 2.05) is 12.1 Å². The van der Waals surface area contributed by atoms with Crippen LogP contribution in [0.15, 0.2) is 71.7 Å². The van der Waals surface area contributed by atoms with E-state index in [1.54, 1.807) is 76.5 Å². The number of carbonyl (C=O) groups is 3. The Labute approximate surface area is 233 Å². The average Bonchev–Trinajstić information content (AvgIpc) is 2.91. The Hall–Kier alpha value is -4.60. The molecule has 0 aliphatic rings. The number of alkyl carbamates (subject to hydrolysis) is 1. The predicted octanol–water partition coefficient (Wildman–Crippen LogP) is 3.70. The van der Waals surface area contributed by atoms with Crippen LogP contribution in [0.5, 0.6) is 5.75 Å². The van der Waals surface area contributed by atoms with E-state index in [0.29, 0.717) is 12.3 Å². The molecular weight excluding hydrogens is 514 g/mol. The van der Waals surface area contributed by atoms with Crippen molar-refractivity contribution in [2.45, 2.75) is 51.8 Å². The summed E-state index contributed by atoms with van der Waals surface area (Å²) >= 11 is 0. The standard InChI is InChI=1S/C30H35N3O7/c1-30(2,3)40-29(37)32-25(17-20-8-10-21(11-9-20)18-26(34)39-5)27(35)31-24-7-6-16-33(28(24)36)19-22-12-14-23(38-4)15-13-22/h6-16,25H,17-19H2,1-5H3,(H,31,35)(H,32,37)/t25-/m0/s1. The number of amides is 2. The average molecular weight is 550 g/mol. The van der Waals surface area contributed by atoms with Crippen molar-refractivity contribution in [1.29, 1.82) is 0 Å². The SMILES string of the molecule is COC(=O)Cc1ccc(C[C@H](NC(=O)OC(C)(C)C)C(=O)Nc2cccn(Cc3ccc(OC)cc3)c2=O)cc1. The monoisotopic (exact) mass is 549 g/mol. The maximum atomic E-state index is 13.4. The fourth-order valence-electron chi connectivity index (χ4n) is 3.83. The van der Waals surface area contributed by atoms with Crippen LogP contribution in [0.1, 0.15) is 37.5 Å². The van der Waals surface area contributed by atoms with Crippen LogP contribution in [0.3, 0.4) is 0 Å². The summed E-state index contributed by atoms with van der Waals surface area (Å²) < 4.78 is 16.7. The molecule has 3 aromatic rings. The predicted molar refractivity (Wildman–Crippen MR) is 150 cm³/mol. The van der Waals surface area contributed by atoms with Gasteiger partial charge in [-0.2, -0.15) is 0 Å². The van der Waals surface area contributed by atoms with Crippen LogP contribution >= 0.6 is 0 Å². The maximum Gasteiger partial charge on any atom is 0.408 e. The van der Waals surface area contributed by atoms with Crippen LogP contribution in [-0.4, -0.2) is 48.4 Å². The van der Waals surface area contributed by atoms with Gasteiger partial charge >= 0.3 is 12.1 Å². The molecule has 0 bridgehead atoms. The minimum Gasteiger partial charge on any atom is -0.497 e. The first-order valence-electron chi connectivity index (χ1n) is 12.7. The summed E-state index contributed by atoms with van der Waals surface area (Å²) in [7, 11) is 2.90. The van der Waals surface area contributed by atoms with Crippen LogP contribution in [0.4, 0.5) is 10.5 Å². The molecular formula is C30H35N3O7. The van der Waals surface area contributed by atoms with Gasteiger partial charge in [0.1, 0.15) is 23.1 Å². The second kappa shape index (κ2) is 13.5. The normalized spacial score (nSPS) is 11.7. The lowest BCUT2D eigenvalue weighted by atomic mass is 10.0. The van der Waals surface area contributed by atoms with Gasteiger partial charge in [-0.05, 0) is 61.7 Å². The molecule has 1 aromatic heterocycles. The number of nitrogens with zero attached hydrogens (tertiary/aromatic N) is 1. The molecule has 0 radical (unpaired) electrons. The van der Waals surface area contributed by atoms with Gasteiger partial charge in [-0.25, -0.2) is 4.79 Å². The van der Waals surface area contributed by atoms with E-state index in [-0.39, 0.29) is 24.5 Å². The molecule has 1 atom stereocenters. The molecule has 0 saturated carbocycles. The molecule has 2 N–H and O–H groups in total. The van der Waals surface area contributed by atoms with Crippen LogP contribution in [0, 0.1) is 0 Å². The van der Waals surface area contributed by atoms with Gasteiger partial charge < -0.3 is 29.4 Å². The van der Waals surface area contributed by atoms with E-state index in [1.165, 1.54) is 17.7 Å². The third kappa shape index (κ3) is 9.00. The molecule has 2 amide bonds. The molecule has 3 rings (SSSR count). The van der Waals surface area contributed by atoms with Gasteiger partial charge in [-0.3, -0.25) is 14.4 Å². The Morgan fingerprint density at radius 1 is 0.900 bits per heavy atom.